The second-order valence-corrected chi connectivity index (χ2v) is 6.34. The molecule has 0 bridgehead atoms. The summed E-state index contributed by atoms with van der Waals surface area (Å²) in [6.45, 7) is 0.453. The molecule has 0 spiro atoms. The number of primary amides is 1. The lowest BCUT2D eigenvalue weighted by Gasteiger charge is -2.07. The van der Waals surface area contributed by atoms with E-state index >= 15 is 0 Å². The van der Waals surface area contributed by atoms with E-state index in [4.69, 9.17) is 17.3 Å². The van der Waals surface area contributed by atoms with Crippen LogP contribution in [0, 0.1) is 5.92 Å². The largest absolute Gasteiger partial charge is 0.352 e. The van der Waals surface area contributed by atoms with E-state index in [0.717, 1.165) is 17.5 Å². The third kappa shape index (κ3) is 4.06. The SMILES string of the molecule is NC(=O)Nc1ccc(CNC(=O)C2CC2c2cccc(Cl)c2)cc1. The third-order valence-corrected chi connectivity index (χ3v) is 4.33. The lowest BCUT2D eigenvalue weighted by Crippen LogP contribution is -2.25. The Hall–Kier alpha value is -2.53. The zero-order chi connectivity index (χ0) is 17.1. The Kier molecular flexibility index (Phi) is 4.71. The van der Waals surface area contributed by atoms with E-state index < -0.39 is 6.03 Å². The number of hydrogen-bond donors (Lipinski definition) is 3. The first-order valence-electron chi connectivity index (χ1n) is 7.71. The molecule has 0 aliphatic heterocycles. The van der Waals surface area contributed by atoms with Crippen molar-refractivity contribution in [3.63, 3.8) is 0 Å². The van der Waals surface area contributed by atoms with Crippen molar-refractivity contribution in [2.24, 2.45) is 11.7 Å². The molecule has 3 amide bonds. The normalized spacial score (nSPS) is 18.7. The molecule has 0 aromatic heterocycles. The lowest BCUT2D eigenvalue weighted by molar-refractivity contribution is -0.122. The summed E-state index contributed by atoms with van der Waals surface area (Å²) < 4.78 is 0. The van der Waals surface area contributed by atoms with Gasteiger partial charge in [0.25, 0.3) is 0 Å². The molecule has 1 aliphatic carbocycles. The fourth-order valence-electron chi connectivity index (χ4n) is 2.76. The van der Waals surface area contributed by atoms with Crippen molar-refractivity contribution in [1.29, 1.82) is 0 Å². The molecular formula is C18H18ClN3O2. The van der Waals surface area contributed by atoms with Crippen molar-refractivity contribution in [3.05, 3.63) is 64.7 Å². The highest BCUT2D eigenvalue weighted by atomic mass is 35.5. The predicted octanol–water partition coefficient (Wildman–Crippen LogP) is 3.25. The standard InChI is InChI=1S/C18H18ClN3O2/c19-13-3-1-2-12(8-13)15-9-16(15)17(23)21-10-11-4-6-14(7-5-11)22-18(20)24/h1-8,15-16H,9-10H2,(H,21,23)(H3,20,22,24). The van der Waals surface area contributed by atoms with Crippen LogP contribution in [-0.2, 0) is 11.3 Å². The predicted molar refractivity (Wildman–Crippen MR) is 93.8 cm³/mol. The topological polar surface area (TPSA) is 84.2 Å². The molecule has 4 N–H and O–H groups in total. The van der Waals surface area contributed by atoms with Crippen molar-refractivity contribution < 1.29 is 9.59 Å². The molecule has 1 fully saturated rings. The molecule has 1 aliphatic rings. The molecule has 3 rings (SSSR count). The Bertz CT molecular complexity index is 761. The first-order chi connectivity index (χ1) is 11.5. The Morgan fingerprint density at radius 1 is 1.17 bits per heavy atom. The van der Waals surface area contributed by atoms with Gasteiger partial charge in [0.2, 0.25) is 5.91 Å². The lowest BCUT2D eigenvalue weighted by atomic mass is 10.1. The minimum Gasteiger partial charge on any atom is -0.352 e. The summed E-state index contributed by atoms with van der Waals surface area (Å²) >= 11 is 5.99. The van der Waals surface area contributed by atoms with Gasteiger partial charge in [-0.15, -0.1) is 0 Å². The van der Waals surface area contributed by atoms with Crippen LogP contribution >= 0.6 is 11.6 Å². The van der Waals surface area contributed by atoms with Gasteiger partial charge in [-0.2, -0.15) is 0 Å². The van der Waals surface area contributed by atoms with Gasteiger partial charge in [-0.3, -0.25) is 4.79 Å². The first-order valence-corrected chi connectivity index (χ1v) is 8.09. The van der Waals surface area contributed by atoms with E-state index in [1.165, 1.54) is 0 Å². The van der Waals surface area contributed by atoms with Gasteiger partial charge in [0, 0.05) is 23.2 Å². The van der Waals surface area contributed by atoms with Crippen LogP contribution in [0.15, 0.2) is 48.5 Å². The molecule has 24 heavy (non-hydrogen) atoms. The molecule has 0 heterocycles. The van der Waals surface area contributed by atoms with Crippen LogP contribution in [0.25, 0.3) is 0 Å². The maximum atomic E-state index is 12.2. The van der Waals surface area contributed by atoms with Gasteiger partial charge >= 0.3 is 6.03 Å². The second-order valence-electron chi connectivity index (χ2n) is 5.91. The molecule has 0 saturated heterocycles. The van der Waals surface area contributed by atoms with Crippen molar-refractivity contribution >= 4 is 29.2 Å². The van der Waals surface area contributed by atoms with Crippen LogP contribution in [0.4, 0.5) is 10.5 Å². The van der Waals surface area contributed by atoms with Crippen molar-refractivity contribution in [1.82, 2.24) is 5.32 Å². The monoisotopic (exact) mass is 343 g/mol. The summed E-state index contributed by atoms with van der Waals surface area (Å²) in [5, 5.41) is 6.14. The number of carbonyl (C=O) groups is 2. The summed E-state index contributed by atoms with van der Waals surface area (Å²) in [6.07, 6.45) is 0.855. The minimum absolute atomic E-state index is 0.0132. The number of halogens is 1. The van der Waals surface area contributed by atoms with E-state index in [9.17, 15) is 9.59 Å². The number of amides is 3. The van der Waals surface area contributed by atoms with Crippen LogP contribution in [0.5, 0.6) is 0 Å². The van der Waals surface area contributed by atoms with Gasteiger partial charge in [-0.25, -0.2) is 4.79 Å². The molecule has 1 saturated carbocycles. The number of urea groups is 1. The van der Waals surface area contributed by atoms with Gasteiger partial charge in [0.1, 0.15) is 0 Å². The molecule has 2 atom stereocenters. The van der Waals surface area contributed by atoms with Crippen molar-refractivity contribution in [2.75, 3.05) is 5.32 Å². The van der Waals surface area contributed by atoms with E-state index in [1.807, 2.05) is 36.4 Å². The van der Waals surface area contributed by atoms with E-state index in [-0.39, 0.29) is 17.7 Å². The van der Waals surface area contributed by atoms with E-state index in [2.05, 4.69) is 10.6 Å². The molecule has 0 radical (unpaired) electrons. The van der Waals surface area contributed by atoms with Gasteiger partial charge < -0.3 is 16.4 Å². The van der Waals surface area contributed by atoms with Crippen molar-refractivity contribution in [3.8, 4) is 0 Å². The summed E-state index contributed by atoms with van der Waals surface area (Å²) in [7, 11) is 0. The highest BCUT2D eigenvalue weighted by Gasteiger charge is 2.43. The Morgan fingerprint density at radius 2 is 1.92 bits per heavy atom. The highest BCUT2D eigenvalue weighted by Crippen LogP contribution is 2.47. The van der Waals surface area contributed by atoms with Crippen LogP contribution < -0.4 is 16.4 Å². The van der Waals surface area contributed by atoms with Crippen LogP contribution in [0.3, 0.4) is 0 Å². The van der Waals surface area contributed by atoms with Crippen molar-refractivity contribution in [2.45, 2.75) is 18.9 Å². The van der Waals surface area contributed by atoms with E-state index in [1.54, 1.807) is 12.1 Å². The first kappa shape index (κ1) is 16.3. The average molecular weight is 344 g/mol. The minimum atomic E-state index is -0.600. The Balaban J connectivity index is 1.50. The second kappa shape index (κ2) is 6.93. The van der Waals surface area contributed by atoms with Crippen LogP contribution in [-0.4, -0.2) is 11.9 Å². The number of rotatable bonds is 5. The van der Waals surface area contributed by atoms with E-state index in [0.29, 0.717) is 17.3 Å². The number of nitrogens with one attached hydrogen (secondary N) is 2. The zero-order valence-corrected chi connectivity index (χ0v) is 13.7. The fourth-order valence-corrected chi connectivity index (χ4v) is 2.96. The highest BCUT2D eigenvalue weighted by molar-refractivity contribution is 6.30. The molecular weight excluding hydrogens is 326 g/mol. The smallest absolute Gasteiger partial charge is 0.316 e. The summed E-state index contributed by atoms with van der Waals surface area (Å²) in [6, 6.07) is 14.2. The number of benzene rings is 2. The average Bonchev–Trinajstić information content (AvgIpc) is 3.34. The quantitative estimate of drug-likeness (QED) is 0.778. The molecule has 5 nitrogen and oxygen atoms in total. The molecule has 2 aromatic rings. The van der Waals surface area contributed by atoms with Gasteiger partial charge in [0.15, 0.2) is 0 Å². The molecule has 2 unspecified atom stereocenters. The van der Waals surface area contributed by atoms with Gasteiger partial charge in [-0.05, 0) is 47.7 Å². The van der Waals surface area contributed by atoms with Gasteiger partial charge in [-0.1, -0.05) is 35.9 Å². The Morgan fingerprint density at radius 3 is 2.58 bits per heavy atom. The molecule has 2 aromatic carbocycles. The third-order valence-electron chi connectivity index (χ3n) is 4.09. The maximum Gasteiger partial charge on any atom is 0.316 e. The number of nitrogens with two attached hydrogens (primary N) is 1. The van der Waals surface area contributed by atoms with Crippen LogP contribution in [0.2, 0.25) is 5.02 Å². The summed E-state index contributed by atoms with van der Waals surface area (Å²) in [5.41, 5.74) is 7.75. The number of carbonyl (C=O) groups excluding carboxylic acids is 2. The van der Waals surface area contributed by atoms with Gasteiger partial charge in [0.05, 0.1) is 0 Å². The van der Waals surface area contributed by atoms with Crippen LogP contribution in [0.1, 0.15) is 23.5 Å². The maximum absolute atomic E-state index is 12.2. The Labute approximate surface area is 145 Å². The fraction of sp³-hybridized carbons (Fsp3) is 0.222. The summed E-state index contributed by atoms with van der Waals surface area (Å²) in [4.78, 5) is 23.0. The summed E-state index contributed by atoms with van der Waals surface area (Å²) in [5.74, 6) is 0.324. The molecule has 6 heteroatoms. The zero-order valence-electron chi connectivity index (χ0n) is 13.0. The number of anilines is 1. The number of hydrogen-bond acceptors (Lipinski definition) is 2. The molecule has 124 valence electrons.